The quantitative estimate of drug-likeness (QED) is 0.687. The smallest absolute Gasteiger partial charge is 0.316 e. The number of thioether (sulfide) groups is 1. The van der Waals surface area contributed by atoms with Crippen LogP contribution in [0.4, 0.5) is 0 Å². The zero-order chi connectivity index (χ0) is 19.1. The van der Waals surface area contributed by atoms with Crippen molar-refractivity contribution >= 4 is 23.6 Å². The fourth-order valence-electron chi connectivity index (χ4n) is 2.37. The first-order valence-electron chi connectivity index (χ1n) is 8.41. The number of aliphatic carboxylic acids is 1. The second-order valence-corrected chi connectivity index (χ2v) is 7.20. The van der Waals surface area contributed by atoms with Gasteiger partial charge in [0.2, 0.25) is 0 Å². The van der Waals surface area contributed by atoms with Crippen LogP contribution in [0, 0.1) is 6.92 Å². The molecule has 1 unspecified atom stereocenters. The number of hydrogen-bond acceptors (Lipinski definition) is 4. The zero-order valence-corrected chi connectivity index (χ0v) is 15.9. The normalized spacial score (nSPS) is 11.7. The number of amides is 1. The third-order valence-electron chi connectivity index (χ3n) is 3.75. The van der Waals surface area contributed by atoms with Gasteiger partial charge in [-0.25, -0.2) is 0 Å². The number of ether oxygens (including phenoxy) is 1. The molecule has 26 heavy (non-hydrogen) atoms. The summed E-state index contributed by atoms with van der Waals surface area (Å²) < 4.78 is 5.64. The second kappa shape index (κ2) is 9.29. The number of hydrogen-bond donors (Lipinski definition) is 2. The van der Waals surface area contributed by atoms with Crippen LogP contribution in [0.25, 0.3) is 0 Å². The molecule has 2 aromatic rings. The maximum atomic E-state index is 12.6. The predicted octanol–water partition coefficient (Wildman–Crippen LogP) is 3.89. The Morgan fingerprint density at radius 1 is 1.23 bits per heavy atom. The van der Waals surface area contributed by atoms with Crippen LogP contribution in [0.1, 0.15) is 35.3 Å². The molecule has 0 aromatic heterocycles. The van der Waals surface area contributed by atoms with E-state index in [9.17, 15) is 9.59 Å². The Morgan fingerprint density at radius 2 is 1.96 bits per heavy atom. The highest BCUT2D eigenvalue weighted by molar-refractivity contribution is 8.00. The molecule has 2 rings (SSSR count). The van der Waals surface area contributed by atoms with E-state index in [1.54, 1.807) is 31.2 Å². The average molecular weight is 373 g/mol. The molecular formula is C20H23NO4S. The molecule has 0 spiro atoms. The van der Waals surface area contributed by atoms with Crippen LogP contribution in [-0.2, 0) is 11.3 Å². The molecule has 0 bridgehead atoms. The topological polar surface area (TPSA) is 75.6 Å². The molecule has 0 aliphatic carbocycles. The second-order valence-electron chi connectivity index (χ2n) is 5.82. The van der Waals surface area contributed by atoms with E-state index in [-0.39, 0.29) is 5.91 Å². The largest absolute Gasteiger partial charge is 0.494 e. The highest BCUT2D eigenvalue weighted by Crippen LogP contribution is 2.27. The molecule has 138 valence electrons. The first-order valence-corrected chi connectivity index (χ1v) is 9.29. The molecule has 5 nitrogen and oxygen atoms in total. The summed E-state index contributed by atoms with van der Waals surface area (Å²) >= 11 is 1.16. The molecule has 1 amide bonds. The minimum atomic E-state index is -0.911. The first kappa shape index (κ1) is 19.8. The molecule has 0 aliphatic rings. The Labute approximate surface area is 157 Å². The van der Waals surface area contributed by atoms with Crippen molar-refractivity contribution in [2.45, 2.75) is 37.5 Å². The van der Waals surface area contributed by atoms with E-state index in [0.717, 1.165) is 28.6 Å². The molecule has 0 fully saturated rings. The molecule has 1 atom stereocenters. The summed E-state index contributed by atoms with van der Waals surface area (Å²) in [4.78, 5) is 24.3. The third-order valence-corrected chi connectivity index (χ3v) is 4.91. The van der Waals surface area contributed by atoms with Crippen LogP contribution in [0.2, 0.25) is 0 Å². The lowest BCUT2D eigenvalue weighted by molar-refractivity contribution is -0.136. The lowest BCUT2D eigenvalue weighted by Gasteiger charge is -2.14. The van der Waals surface area contributed by atoms with Gasteiger partial charge in [-0.3, -0.25) is 9.59 Å². The molecule has 2 N–H and O–H groups in total. The Kier molecular flexibility index (Phi) is 7.09. The van der Waals surface area contributed by atoms with Crippen molar-refractivity contribution in [3.8, 4) is 5.75 Å². The minimum Gasteiger partial charge on any atom is -0.494 e. The van der Waals surface area contributed by atoms with E-state index in [1.807, 2.05) is 32.0 Å². The van der Waals surface area contributed by atoms with Gasteiger partial charge in [0.15, 0.2) is 0 Å². The van der Waals surface area contributed by atoms with Crippen molar-refractivity contribution < 1.29 is 19.4 Å². The number of carbonyl (C=O) groups excluding carboxylic acids is 1. The summed E-state index contributed by atoms with van der Waals surface area (Å²) in [6.07, 6.45) is 0. The van der Waals surface area contributed by atoms with Crippen molar-refractivity contribution in [1.29, 1.82) is 0 Å². The summed E-state index contributed by atoms with van der Waals surface area (Å²) in [7, 11) is 0. The molecule has 2 aromatic carbocycles. The van der Waals surface area contributed by atoms with Crippen LogP contribution < -0.4 is 10.1 Å². The van der Waals surface area contributed by atoms with Crippen LogP contribution >= 0.6 is 11.8 Å². The third kappa shape index (κ3) is 5.26. The SMILES string of the molecule is CCOc1cc(C)ccc1CNC(=O)c1ccccc1SC(C)C(=O)O. The highest BCUT2D eigenvalue weighted by Gasteiger charge is 2.18. The van der Waals surface area contributed by atoms with Crippen LogP contribution in [0.5, 0.6) is 5.75 Å². The van der Waals surface area contributed by atoms with Gasteiger partial charge in [0.05, 0.1) is 12.2 Å². The maximum absolute atomic E-state index is 12.6. The van der Waals surface area contributed by atoms with Gasteiger partial charge in [-0.05, 0) is 44.5 Å². The maximum Gasteiger partial charge on any atom is 0.316 e. The fraction of sp³-hybridized carbons (Fsp3) is 0.300. The van der Waals surface area contributed by atoms with E-state index in [2.05, 4.69) is 5.32 Å². The molecular weight excluding hydrogens is 350 g/mol. The van der Waals surface area contributed by atoms with Crippen molar-refractivity contribution in [2.24, 2.45) is 0 Å². The number of carbonyl (C=O) groups is 2. The molecule has 0 saturated carbocycles. The number of carboxylic acids is 1. The lowest BCUT2D eigenvalue weighted by Crippen LogP contribution is -2.24. The molecule has 0 heterocycles. The molecule has 0 radical (unpaired) electrons. The van der Waals surface area contributed by atoms with Crippen molar-refractivity contribution in [3.05, 3.63) is 59.2 Å². The van der Waals surface area contributed by atoms with Gasteiger partial charge in [-0.15, -0.1) is 11.8 Å². The monoisotopic (exact) mass is 373 g/mol. The number of carboxylic acid groups (broad SMARTS) is 1. The van der Waals surface area contributed by atoms with Gasteiger partial charge < -0.3 is 15.2 Å². The van der Waals surface area contributed by atoms with Gasteiger partial charge in [0, 0.05) is 17.0 Å². The summed E-state index contributed by atoms with van der Waals surface area (Å²) in [6, 6.07) is 12.9. The Hall–Kier alpha value is -2.47. The van der Waals surface area contributed by atoms with Crippen LogP contribution in [0.3, 0.4) is 0 Å². The van der Waals surface area contributed by atoms with Gasteiger partial charge in [-0.1, -0.05) is 24.3 Å². The van der Waals surface area contributed by atoms with Gasteiger partial charge >= 0.3 is 5.97 Å². The first-order chi connectivity index (χ1) is 12.4. The van der Waals surface area contributed by atoms with E-state index in [0.29, 0.717) is 23.6 Å². The summed E-state index contributed by atoms with van der Waals surface area (Å²) in [5, 5.41) is 11.4. The molecule has 0 aliphatic heterocycles. The standard InChI is InChI=1S/C20H23NO4S/c1-4-25-17-11-13(2)9-10-15(17)12-21-19(22)16-7-5-6-8-18(16)26-14(3)20(23)24/h5-11,14H,4,12H2,1-3H3,(H,21,22)(H,23,24). The Bertz CT molecular complexity index is 791. The number of rotatable bonds is 8. The summed E-state index contributed by atoms with van der Waals surface area (Å²) in [5.41, 5.74) is 2.46. The van der Waals surface area contributed by atoms with Gasteiger partial charge in [0.25, 0.3) is 5.91 Å². The molecule has 0 saturated heterocycles. The number of benzene rings is 2. The Balaban J connectivity index is 2.13. The zero-order valence-electron chi connectivity index (χ0n) is 15.1. The Morgan fingerprint density at radius 3 is 2.65 bits per heavy atom. The highest BCUT2D eigenvalue weighted by atomic mass is 32.2. The van der Waals surface area contributed by atoms with Gasteiger partial charge in [-0.2, -0.15) is 0 Å². The van der Waals surface area contributed by atoms with E-state index < -0.39 is 11.2 Å². The van der Waals surface area contributed by atoms with Crippen LogP contribution in [0.15, 0.2) is 47.4 Å². The van der Waals surface area contributed by atoms with E-state index in [4.69, 9.17) is 9.84 Å². The summed E-state index contributed by atoms with van der Waals surface area (Å²) in [5.74, 6) is -0.394. The van der Waals surface area contributed by atoms with Crippen molar-refractivity contribution in [1.82, 2.24) is 5.32 Å². The van der Waals surface area contributed by atoms with E-state index >= 15 is 0 Å². The molecule has 6 heteroatoms. The number of nitrogens with one attached hydrogen (secondary N) is 1. The van der Waals surface area contributed by atoms with Crippen molar-refractivity contribution in [2.75, 3.05) is 6.61 Å². The van der Waals surface area contributed by atoms with Gasteiger partial charge in [0.1, 0.15) is 11.0 Å². The number of aryl methyl sites for hydroxylation is 1. The van der Waals surface area contributed by atoms with Crippen molar-refractivity contribution in [3.63, 3.8) is 0 Å². The lowest BCUT2D eigenvalue weighted by atomic mass is 10.1. The fourth-order valence-corrected chi connectivity index (χ4v) is 3.29. The van der Waals surface area contributed by atoms with Crippen LogP contribution in [-0.4, -0.2) is 28.8 Å². The summed E-state index contributed by atoms with van der Waals surface area (Å²) in [6.45, 7) is 6.39. The van der Waals surface area contributed by atoms with E-state index in [1.165, 1.54) is 0 Å². The predicted molar refractivity (Wildman–Crippen MR) is 103 cm³/mol. The minimum absolute atomic E-state index is 0.242. The average Bonchev–Trinajstić information content (AvgIpc) is 2.61.